The number of rotatable bonds is 5. The maximum atomic E-state index is 13.0. The number of nitrogens with zero attached hydrogens (tertiary/aromatic N) is 1. The van der Waals surface area contributed by atoms with Gasteiger partial charge in [-0.05, 0) is 41.1 Å². The van der Waals surface area contributed by atoms with Crippen molar-refractivity contribution in [3.63, 3.8) is 0 Å². The van der Waals surface area contributed by atoms with Crippen molar-refractivity contribution < 1.29 is 26.4 Å². The van der Waals surface area contributed by atoms with E-state index in [1.807, 2.05) is 24.3 Å². The van der Waals surface area contributed by atoms with Crippen molar-refractivity contribution in [1.29, 1.82) is 0 Å². The van der Waals surface area contributed by atoms with E-state index in [-0.39, 0.29) is 5.69 Å². The van der Waals surface area contributed by atoms with Gasteiger partial charge in [-0.15, -0.1) is 0 Å². The number of carbonyl (C=O) groups excluding carboxylic acids is 1. The summed E-state index contributed by atoms with van der Waals surface area (Å²) in [6.45, 7) is -0.660. The second kappa shape index (κ2) is 7.75. The van der Waals surface area contributed by atoms with Crippen LogP contribution in [0.2, 0.25) is 0 Å². The summed E-state index contributed by atoms with van der Waals surface area (Å²) in [5.74, 6) is -0.678. The van der Waals surface area contributed by atoms with Crippen LogP contribution >= 0.6 is 0 Å². The number of amides is 1. The minimum atomic E-state index is -4.63. The molecular weight excluding hydrogens is 405 g/mol. The number of fused-ring (bicyclic) bond motifs is 1. The van der Waals surface area contributed by atoms with Gasteiger partial charge >= 0.3 is 6.18 Å². The van der Waals surface area contributed by atoms with E-state index in [0.717, 1.165) is 29.2 Å². The summed E-state index contributed by atoms with van der Waals surface area (Å²) in [6, 6.07) is 16.5. The largest absolute Gasteiger partial charge is 0.416 e. The molecule has 0 aliphatic carbocycles. The molecule has 0 bridgehead atoms. The lowest BCUT2D eigenvalue weighted by Gasteiger charge is -2.23. The molecular formula is C20H17F3N2O3S. The highest BCUT2D eigenvalue weighted by atomic mass is 32.2. The molecule has 0 fully saturated rings. The van der Waals surface area contributed by atoms with Crippen LogP contribution in [0.3, 0.4) is 0 Å². The predicted molar refractivity (Wildman–Crippen MR) is 106 cm³/mol. The van der Waals surface area contributed by atoms with Crippen LogP contribution in [0.5, 0.6) is 0 Å². The third kappa shape index (κ3) is 5.05. The number of benzene rings is 3. The summed E-state index contributed by atoms with van der Waals surface area (Å²) in [4.78, 5) is 12.4. The van der Waals surface area contributed by atoms with Gasteiger partial charge in [-0.25, -0.2) is 8.42 Å². The molecule has 3 aromatic rings. The molecule has 0 aliphatic heterocycles. The fourth-order valence-corrected chi connectivity index (χ4v) is 3.68. The number of nitrogens with one attached hydrogen (secondary N) is 1. The number of anilines is 2. The van der Waals surface area contributed by atoms with Crippen LogP contribution in [0, 0.1) is 0 Å². The van der Waals surface area contributed by atoms with Gasteiger partial charge in [-0.1, -0.05) is 36.4 Å². The Kier molecular flexibility index (Phi) is 5.52. The quantitative estimate of drug-likeness (QED) is 0.668. The Labute approximate surface area is 165 Å². The summed E-state index contributed by atoms with van der Waals surface area (Å²) in [5.41, 5.74) is -0.791. The summed E-state index contributed by atoms with van der Waals surface area (Å²) in [5, 5.41) is 4.43. The van der Waals surface area contributed by atoms with Gasteiger partial charge in [0.05, 0.1) is 17.5 Å². The van der Waals surface area contributed by atoms with Gasteiger partial charge < -0.3 is 5.32 Å². The van der Waals surface area contributed by atoms with Gasteiger partial charge in [0.25, 0.3) is 0 Å². The average Bonchev–Trinajstić information content (AvgIpc) is 2.64. The molecule has 1 N–H and O–H groups in total. The number of halogens is 3. The molecule has 29 heavy (non-hydrogen) atoms. The molecule has 0 heterocycles. The lowest BCUT2D eigenvalue weighted by atomic mass is 10.1. The minimum absolute atomic E-state index is 0.240. The highest BCUT2D eigenvalue weighted by molar-refractivity contribution is 7.92. The van der Waals surface area contributed by atoms with Crippen LogP contribution in [0.15, 0.2) is 66.7 Å². The van der Waals surface area contributed by atoms with Crippen LogP contribution in [0.25, 0.3) is 10.8 Å². The molecule has 0 aromatic heterocycles. The van der Waals surface area contributed by atoms with Crippen molar-refractivity contribution in [3.8, 4) is 0 Å². The second-order valence-electron chi connectivity index (χ2n) is 6.43. The van der Waals surface area contributed by atoms with E-state index in [1.165, 1.54) is 6.07 Å². The first-order valence-electron chi connectivity index (χ1n) is 8.48. The molecule has 0 aliphatic rings. The monoisotopic (exact) mass is 422 g/mol. The van der Waals surface area contributed by atoms with Crippen molar-refractivity contribution in [3.05, 3.63) is 72.3 Å². The Morgan fingerprint density at radius 2 is 1.66 bits per heavy atom. The Morgan fingerprint density at radius 1 is 0.966 bits per heavy atom. The van der Waals surface area contributed by atoms with E-state index >= 15 is 0 Å². The summed E-state index contributed by atoms with van der Waals surface area (Å²) in [7, 11) is -4.00. The van der Waals surface area contributed by atoms with Crippen molar-refractivity contribution in [2.45, 2.75) is 6.18 Å². The van der Waals surface area contributed by atoms with Crippen LogP contribution in [0.4, 0.5) is 24.5 Å². The minimum Gasteiger partial charge on any atom is -0.324 e. The third-order valence-electron chi connectivity index (χ3n) is 4.18. The highest BCUT2D eigenvalue weighted by Gasteiger charge is 2.32. The lowest BCUT2D eigenvalue weighted by Crippen LogP contribution is -2.37. The maximum absolute atomic E-state index is 13.0. The molecule has 0 atom stereocenters. The van der Waals surface area contributed by atoms with E-state index in [4.69, 9.17) is 0 Å². The van der Waals surface area contributed by atoms with Gasteiger partial charge in [-0.3, -0.25) is 9.10 Å². The lowest BCUT2D eigenvalue weighted by molar-refractivity contribution is -0.137. The topological polar surface area (TPSA) is 66.5 Å². The SMILES string of the molecule is CS(=O)(=O)N(CC(=O)Nc1ccc2ccccc2c1)c1cccc(C(F)(F)F)c1. The van der Waals surface area contributed by atoms with Gasteiger partial charge in [-0.2, -0.15) is 13.2 Å². The van der Waals surface area contributed by atoms with E-state index in [1.54, 1.807) is 18.2 Å². The van der Waals surface area contributed by atoms with E-state index in [2.05, 4.69) is 5.32 Å². The van der Waals surface area contributed by atoms with Gasteiger partial charge in [0.1, 0.15) is 6.54 Å². The first-order chi connectivity index (χ1) is 13.5. The van der Waals surface area contributed by atoms with E-state index in [9.17, 15) is 26.4 Å². The molecule has 152 valence electrons. The van der Waals surface area contributed by atoms with Gasteiger partial charge in [0.2, 0.25) is 15.9 Å². The fraction of sp³-hybridized carbons (Fsp3) is 0.150. The molecule has 5 nitrogen and oxygen atoms in total. The third-order valence-corrected chi connectivity index (χ3v) is 5.32. The van der Waals surface area contributed by atoms with Crippen LogP contribution in [-0.2, 0) is 21.0 Å². The van der Waals surface area contributed by atoms with Crippen molar-refractivity contribution >= 4 is 38.1 Å². The number of carbonyl (C=O) groups is 1. The average molecular weight is 422 g/mol. The molecule has 3 rings (SSSR count). The van der Waals surface area contributed by atoms with Crippen molar-refractivity contribution in [2.75, 3.05) is 22.4 Å². The zero-order valence-corrected chi connectivity index (χ0v) is 16.1. The van der Waals surface area contributed by atoms with Crippen molar-refractivity contribution in [1.82, 2.24) is 0 Å². The molecule has 0 radical (unpaired) electrons. The zero-order chi connectivity index (χ0) is 21.2. The molecule has 3 aromatic carbocycles. The summed E-state index contributed by atoms with van der Waals surface area (Å²) < 4.78 is 63.8. The first kappa shape index (κ1) is 20.7. The molecule has 0 saturated carbocycles. The first-order valence-corrected chi connectivity index (χ1v) is 10.3. The number of hydrogen-bond acceptors (Lipinski definition) is 3. The maximum Gasteiger partial charge on any atom is 0.416 e. The van der Waals surface area contributed by atoms with Crippen LogP contribution in [0.1, 0.15) is 5.56 Å². The Balaban J connectivity index is 1.84. The van der Waals surface area contributed by atoms with Gasteiger partial charge in [0.15, 0.2) is 0 Å². The van der Waals surface area contributed by atoms with E-state index in [0.29, 0.717) is 16.1 Å². The molecule has 9 heteroatoms. The Hall–Kier alpha value is -3.07. The second-order valence-corrected chi connectivity index (χ2v) is 8.33. The molecule has 0 unspecified atom stereocenters. The van der Waals surface area contributed by atoms with Gasteiger partial charge in [0, 0.05) is 5.69 Å². The van der Waals surface area contributed by atoms with E-state index < -0.39 is 34.2 Å². The molecule has 0 spiro atoms. The Bertz CT molecular complexity index is 1160. The predicted octanol–water partition coefficient (Wildman–Crippen LogP) is 4.26. The normalized spacial score (nSPS) is 12.0. The summed E-state index contributed by atoms with van der Waals surface area (Å²) >= 11 is 0. The Morgan fingerprint density at radius 3 is 2.31 bits per heavy atom. The smallest absolute Gasteiger partial charge is 0.324 e. The van der Waals surface area contributed by atoms with Crippen LogP contribution in [-0.4, -0.2) is 27.1 Å². The number of hydrogen-bond donors (Lipinski definition) is 1. The number of sulfonamides is 1. The highest BCUT2D eigenvalue weighted by Crippen LogP contribution is 2.32. The van der Waals surface area contributed by atoms with Crippen molar-refractivity contribution in [2.24, 2.45) is 0 Å². The zero-order valence-electron chi connectivity index (χ0n) is 15.3. The van der Waals surface area contributed by atoms with Crippen LogP contribution < -0.4 is 9.62 Å². The molecule has 1 amide bonds. The standard InChI is InChI=1S/C20H17F3N2O3S/c1-29(27,28)25(18-8-4-7-16(12-18)20(21,22)23)13-19(26)24-17-10-9-14-5-2-3-6-15(14)11-17/h2-12H,13H2,1H3,(H,24,26). The summed E-state index contributed by atoms with van der Waals surface area (Å²) in [6.07, 6.45) is -3.80. The molecule has 0 saturated heterocycles. The fourth-order valence-electron chi connectivity index (χ4n) is 2.84. The number of alkyl halides is 3.